The molecule has 3 nitrogen and oxygen atoms in total. The molecule has 0 spiro atoms. The lowest BCUT2D eigenvalue weighted by Gasteiger charge is -2.32. The first kappa shape index (κ1) is 16.0. The number of hydrogen-bond donors (Lipinski definition) is 1. The van der Waals surface area contributed by atoms with Gasteiger partial charge in [-0.3, -0.25) is 4.79 Å². The van der Waals surface area contributed by atoms with Crippen molar-refractivity contribution in [3.05, 3.63) is 27.7 Å². The van der Waals surface area contributed by atoms with Crippen molar-refractivity contribution in [2.75, 3.05) is 26.4 Å². The molecule has 1 amide bonds. The maximum Gasteiger partial charge on any atom is 0.255 e. The molecule has 1 aromatic rings. The standard InChI is InChI=1S/C14H18Cl2N2OS/c1-18(9-3-5-17-6-4-9)14(19)10-7-13(20-2)12(16)8-11(10)15/h7-9,17H,3-6H2,1-2H3. The van der Waals surface area contributed by atoms with Gasteiger partial charge in [-0.2, -0.15) is 0 Å². The second kappa shape index (κ2) is 7.03. The van der Waals surface area contributed by atoms with Crippen LogP contribution in [0.15, 0.2) is 17.0 Å². The van der Waals surface area contributed by atoms with Crippen molar-refractivity contribution in [1.82, 2.24) is 10.2 Å². The van der Waals surface area contributed by atoms with Crippen LogP contribution in [0.3, 0.4) is 0 Å². The number of nitrogens with zero attached hydrogens (tertiary/aromatic N) is 1. The van der Waals surface area contributed by atoms with E-state index in [9.17, 15) is 4.79 Å². The Morgan fingerprint density at radius 1 is 1.30 bits per heavy atom. The van der Waals surface area contributed by atoms with Gasteiger partial charge in [-0.1, -0.05) is 23.2 Å². The maximum absolute atomic E-state index is 12.6. The van der Waals surface area contributed by atoms with Crippen LogP contribution in [0.2, 0.25) is 10.0 Å². The molecule has 1 aliphatic heterocycles. The van der Waals surface area contributed by atoms with Crippen LogP contribution in [0.1, 0.15) is 23.2 Å². The summed E-state index contributed by atoms with van der Waals surface area (Å²) in [6.07, 6.45) is 3.88. The fourth-order valence-electron chi connectivity index (χ4n) is 2.40. The van der Waals surface area contributed by atoms with Gasteiger partial charge in [0.25, 0.3) is 5.91 Å². The van der Waals surface area contributed by atoms with Crippen LogP contribution in [-0.4, -0.2) is 43.2 Å². The molecule has 1 heterocycles. The van der Waals surface area contributed by atoms with Gasteiger partial charge in [-0.15, -0.1) is 11.8 Å². The smallest absolute Gasteiger partial charge is 0.255 e. The predicted octanol–water partition coefficient (Wildman–Crippen LogP) is 3.54. The molecule has 110 valence electrons. The third-order valence-corrected chi connectivity index (χ3v) is 5.16. The second-order valence-corrected chi connectivity index (χ2v) is 6.53. The number of piperidine rings is 1. The largest absolute Gasteiger partial charge is 0.339 e. The van der Waals surface area contributed by atoms with Crippen LogP contribution in [0, 0.1) is 0 Å². The average Bonchev–Trinajstić information content (AvgIpc) is 2.47. The van der Waals surface area contributed by atoms with Crippen molar-refractivity contribution in [1.29, 1.82) is 0 Å². The highest BCUT2D eigenvalue weighted by Gasteiger charge is 2.24. The summed E-state index contributed by atoms with van der Waals surface area (Å²) in [5.74, 6) is -0.0335. The molecule has 1 aromatic carbocycles. The van der Waals surface area contributed by atoms with Crippen LogP contribution >= 0.6 is 35.0 Å². The van der Waals surface area contributed by atoms with Gasteiger partial charge in [-0.25, -0.2) is 0 Å². The first-order valence-corrected chi connectivity index (χ1v) is 8.53. The summed E-state index contributed by atoms with van der Waals surface area (Å²) in [5, 5.41) is 4.30. The van der Waals surface area contributed by atoms with E-state index in [4.69, 9.17) is 23.2 Å². The Balaban J connectivity index is 2.23. The number of rotatable bonds is 3. The van der Waals surface area contributed by atoms with Gasteiger partial charge in [0.2, 0.25) is 0 Å². The Hall–Kier alpha value is -0.420. The van der Waals surface area contributed by atoms with Crippen molar-refractivity contribution in [2.45, 2.75) is 23.8 Å². The van der Waals surface area contributed by atoms with Gasteiger partial charge in [0.05, 0.1) is 15.6 Å². The zero-order valence-corrected chi connectivity index (χ0v) is 13.9. The van der Waals surface area contributed by atoms with Crippen molar-refractivity contribution in [3.63, 3.8) is 0 Å². The molecule has 1 saturated heterocycles. The van der Waals surface area contributed by atoms with Gasteiger partial charge < -0.3 is 10.2 Å². The Bertz CT molecular complexity index is 504. The van der Waals surface area contributed by atoms with Crippen LogP contribution in [-0.2, 0) is 0 Å². The molecule has 1 aliphatic rings. The lowest BCUT2D eigenvalue weighted by atomic mass is 10.0. The number of halogens is 2. The summed E-state index contributed by atoms with van der Waals surface area (Å²) in [5.41, 5.74) is 0.529. The quantitative estimate of drug-likeness (QED) is 0.859. The molecule has 0 unspecified atom stereocenters. The molecule has 6 heteroatoms. The minimum atomic E-state index is -0.0335. The minimum Gasteiger partial charge on any atom is -0.339 e. The zero-order valence-electron chi connectivity index (χ0n) is 11.6. The Kier molecular flexibility index (Phi) is 5.61. The molecule has 0 bridgehead atoms. The van der Waals surface area contributed by atoms with E-state index < -0.39 is 0 Å². The monoisotopic (exact) mass is 332 g/mol. The van der Waals surface area contributed by atoms with E-state index >= 15 is 0 Å². The highest BCUT2D eigenvalue weighted by Crippen LogP contribution is 2.32. The van der Waals surface area contributed by atoms with Gasteiger partial charge >= 0.3 is 0 Å². The fraction of sp³-hybridized carbons (Fsp3) is 0.500. The van der Waals surface area contributed by atoms with E-state index in [0.29, 0.717) is 15.6 Å². The van der Waals surface area contributed by atoms with E-state index in [2.05, 4.69) is 5.32 Å². The van der Waals surface area contributed by atoms with Crippen molar-refractivity contribution >= 4 is 40.9 Å². The molecule has 2 rings (SSSR count). The lowest BCUT2D eigenvalue weighted by molar-refractivity contribution is 0.0703. The van der Waals surface area contributed by atoms with Crippen molar-refractivity contribution in [2.24, 2.45) is 0 Å². The van der Waals surface area contributed by atoms with Crippen LogP contribution < -0.4 is 5.32 Å². The highest BCUT2D eigenvalue weighted by molar-refractivity contribution is 7.98. The minimum absolute atomic E-state index is 0.0335. The van der Waals surface area contributed by atoms with Crippen LogP contribution in [0.5, 0.6) is 0 Å². The number of benzene rings is 1. The zero-order chi connectivity index (χ0) is 14.7. The third kappa shape index (κ3) is 3.42. The van der Waals surface area contributed by atoms with Crippen LogP contribution in [0.25, 0.3) is 0 Å². The van der Waals surface area contributed by atoms with Crippen molar-refractivity contribution < 1.29 is 4.79 Å². The Morgan fingerprint density at radius 2 is 1.95 bits per heavy atom. The highest BCUT2D eigenvalue weighted by atomic mass is 35.5. The number of carbonyl (C=O) groups is 1. The topological polar surface area (TPSA) is 32.3 Å². The van der Waals surface area contributed by atoms with E-state index in [-0.39, 0.29) is 11.9 Å². The summed E-state index contributed by atoms with van der Waals surface area (Å²) < 4.78 is 0. The SMILES string of the molecule is CSc1cc(C(=O)N(C)C2CCNCC2)c(Cl)cc1Cl. The molecule has 0 aromatic heterocycles. The van der Waals surface area contributed by atoms with Crippen LogP contribution in [0.4, 0.5) is 0 Å². The molecule has 0 atom stereocenters. The number of thioether (sulfide) groups is 1. The second-order valence-electron chi connectivity index (χ2n) is 4.86. The first-order chi connectivity index (χ1) is 9.54. The maximum atomic E-state index is 12.6. The molecule has 1 N–H and O–H groups in total. The van der Waals surface area contributed by atoms with Gasteiger partial charge in [-0.05, 0) is 44.3 Å². The first-order valence-electron chi connectivity index (χ1n) is 6.55. The molecule has 0 saturated carbocycles. The summed E-state index contributed by atoms with van der Waals surface area (Å²) in [4.78, 5) is 15.3. The Morgan fingerprint density at radius 3 is 2.55 bits per heavy atom. The average molecular weight is 333 g/mol. The molecule has 20 heavy (non-hydrogen) atoms. The van der Waals surface area contributed by atoms with E-state index in [1.165, 1.54) is 11.8 Å². The van der Waals surface area contributed by atoms with E-state index in [1.807, 2.05) is 13.3 Å². The lowest BCUT2D eigenvalue weighted by Crippen LogP contribution is -2.44. The molecule has 0 radical (unpaired) electrons. The molecular formula is C14H18Cl2N2OS. The molecule has 1 fully saturated rings. The normalized spacial score (nSPS) is 16.2. The fourth-order valence-corrected chi connectivity index (χ4v) is 3.58. The molecular weight excluding hydrogens is 315 g/mol. The predicted molar refractivity (Wildman–Crippen MR) is 86.2 cm³/mol. The number of carbonyl (C=O) groups excluding carboxylic acids is 1. The van der Waals surface area contributed by atoms with Gasteiger partial charge in [0.1, 0.15) is 0 Å². The van der Waals surface area contributed by atoms with E-state index in [0.717, 1.165) is 30.8 Å². The summed E-state index contributed by atoms with van der Waals surface area (Å²) in [6.45, 7) is 1.90. The number of nitrogens with one attached hydrogen (secondary N) is 1. The summed E-state index contributed by atoms with van der Waals surface area (Å²) in [7, 11) is 1.85. The summed E-state index contributed by atoms with van der Waals surface area (Å²) in [6, 6.07) is 3.71. The summed E-state index contributed by atoms with van der Waals surface area (Å²) >= 11 is 13.8. The van der Waals surface area contributed by atoms with Gasteiger partial charge in [0.15, 0.2) is 0 Å². The number of amides is 1. The third-order valence-electron chi connectivity index (χ3n) is 3.65. The van der Waals surface area contributed by atoms with Gasteiger partial charge in [0, 0.05) is 18.0 Å². The van der Waals surface area contributed by atoms with E-state index in [1.54, 1.807) is 17.0 Å². The van der Waals surface area contributed by atoms with Crippen molar-refractivity contribution in [3.8, 4) is 0 Å². The molecule has 0 aliphatic carbocycles. The Labute approximate surface area is 134 Å². The number of hydrogen-bond acceptors (Lipinski definition) is 3.